The van der Waals surface area contributed by atoms with Crippen molar-refractivity contribution in [2.75, 3.05) is 24.5 Å². The summed E-state index contributed by atoms with van der Waals surface area (Å²) >= 11 is 0. The number of hydrogen-bond acceptors (Lipinski definition) is 6. The normalized spacial score (nSPS) is 23.0. The van der Waals surface area contributed by atoms with Crippen LogP contribution >= 0.6 is 0 Å². The van der Waals surface area contributed by atoms with Crippen LogP contribution in [0.5, 0.6) is 0 Å². The van der Waals surface area contributed by atoms with Gasteiger partial charge in [-0.25, -0.2) is 19.3 Å². The molecule has 0 spiro atoms. The van der Waals surface area contributed by atoms with E-state index in [1.165, 1.54) is 0 Å². The number of fused-ring (bicyclic) bond motifs is 3. The van der Waals surface area contributed by atoms with E-state index in [2.05, 4.69) is 28.0 Å². The lowest BCUT2D eigenvalue weighted by molar-refractivity contribution is 0.533. The highest BCUT2D eigenvalue weighted by molar-refractivity contribution is 5.89. The molecular weight excluding hydrogens is 465 g/mol. The number of aromatic nitrogens is 5. The SMILES string of the molecule is Cc1c(-c2ccc3nc(N4CC[C@@H]5[C@H](C4)[C@@]5(CN)c4ccccc4F)cnc3n2)ccc2nn(C)cc12. The standard InChI is InChI=1S/C29H28FN7/c1-17-18(7-8-25-19(17)14-36(2)35-25)24-9-10-26-28(34-24)32-13-27(33-26)37-12-11-20-22(15-37)29(20,16-31)21-5-3-4-6-23(21)30/h3-10,13-14,20,22H,11-12,15-16,31H2,1-2H3/t20-,22+,29-/m1/s1. The first kappa shape index (κ1) is 22.3. The lowest BCUT2D eigenvalue weighted by Gasteiger charge is -2.27. The molecule has 2 N–H and O–H groups in total. The molecule has 3 atom stereocenters. The van der Waals surface area contributed by atoms with Gasteiger partial charge in [0.15, 0.2) is 5.65 Å². The van der Waals surface area contributed by atoms with Crippen LogP contribution in [0.3, 0.4) is 0 Å². The van der Waals surface area contributed by atoms with E-state index in [0.29, 0.717) is 24.0 Å². The van der Waals surface area contributed by atoms with Gasteiger partial charge in [-0.3, -0.25) is 4.68 Å². The highest BCUT2D eigenvalue weighted by Gasteiger charge is 2.66. The van der Waals surface area contributed by atoms with Crippen LogP contribution in [0.4, 0.5) is 10.2 Å². The summed E-state index contributed by atoms with van der Waals surface area (Å²) in [4.78, 5) is 16.7. The summed E-state index contributed by atoms with van der Waals surface area (Å²) in [5.74, 6) is 1.40. The average Bonchev–Trinajstić information content (AvgIpc) is 3.40. The van der Waals surface area contributed by atoms with Gasteiger partial charge in [-0.2, -0.15) is 5.10 Å². The lowest BCUT2D eigenvalue weighted by atomic mass is 9.91. The van der Waals surface area contributed by atoms with Crippen LogP contribution in [-0.4, -0.2) is 44.4 Å². The van der Waals surface area contributed by atoms with Crippen LogP contribution in [0.25, 0.3) is 33.3 Å². The van der Waals surface area contributed by atoms with E-state index in [4.69, 9.17) is 15.7 Å². The summed E-state index contributed by atoms with van der Waals surface area (Å²) in [7, 11) is 1.93. The zero-order valence-corrected chi connectivity index (χ0v) is 20.9. The summed E-state index contributed by atoms with van der Waals surface area (Å²) in [6.07, 6.45) is 4.81. The van der Waals surface area contributed by atoms with Gasteiger partial charge in [0.05, 0.1) is 17.4 Å². The minimum Gasteiger partial charge on any atom is -0.355 e. The first-order valence-corrected chi connectivity index (χ1v) is 12.8. The Kier molecular flexibility index (Phi) is 4.85. The van der Waals surface area contributed by atoms with E-state index in [9.17, 15) is 4.39 Å². The Bertz CT molecular complexity index is 1680. The van der Waals surface area contributed by atoms with E-state index in [-0.39, 0.29) is 11.2 Å². The van der Waals surface area contributed by atoms with Crippen LogP contribution in [0.15, 0.2) is 60.9 Å². The molecule has 1 aliphatic heterocycles. The molecule has 0 radical (unpaired) electrons. The number of nitrogens with zero attached hydrogens (tertiary/aromatic N) is 6. The highest BCUT2D eigenvalue weighted by Crippen LogP contribution is 2.63. The molecule has 1 saturated heterocycles. The predicted molar refractivity (Wildman–Crippen MR) is 143 cm³/mol. The zero-order valence-electron chi connectivity index (χ0n) is 20.9. The van der Waals surface area contributed by atoms with Crippen molar-refractivity contribution in [3.8, 4) is 11.3 Å². The molecule has 7 nitrogen and oxygen atoms in total. The molecule has 0 bridgehead atoms. The summed E-state index contributed by atoms with van der Waals surface area (Å²) < 4.78 is 16.5. The van der Waals surface area contributed by atoms with E-state index >= 15 is 0 Å². The quantitative estimate of drug-likeness (QED) is 0.400. The summed E-state index contributed by atoms with van der Waals surface area (Å²) in [6.45, 7) is 4.21. The second-order valence-electron chi connectivity index (χ2n) is 10.4. The molecule has 37 heavy (non-hydrogen) atoms. The number of piperidine rings is 1. The Hall–Kier alpha value is -3.91. The number of hydrogen-bond donors (Lipinski definition) is 1. The minimum atomic E-state index is -0.284. The minimum absolute atomic E-state index is 0.154. The molecular formula is C29H28FN7. The number of pyridine rings is 1. The molecule has 7 rings (SSSR count). The summed E-state index contributed by atoms with van der Waals surface area (Å²) in [5, 5.41) is 5.62. The smallest absolute Gasteiger partial charge is 0.178 e. The van der Waals surface area contributed by atoms with Gasteiger partial charge in [0, 0.05) is 49.2 Å². The fourth-order valence-corrected chi connectivity index (χ4v) is 6.66. The molecule has 0 unspecified atom stereocenters. The van der Waals surface area contributed by atoms with Gasteiger partial charge >= 0.3 is 0 Å². The number of nitrogens with two attached hydrogens (primary N) is 1. The van der Waals surface area contributed by atoms with Gasteiger partial charge in [-0.1, -0.05) is 24.3 Å². The van der Waals surface area contributed by atoms with Crippen molar-refractivity contribution in [1.82, 2.24) is 24.7 Å². The average molecular weight is 494 g/mol. The molecule has 5 aromatic rings. The van der Waals surface area contributed by atoms with Crippen LogP contribution in [0.1, 0.15) is 17.5 Å². The van der Waals surface area contributed by atoms with Gasteiger partial charge in [-0.05, 0) is 60.6 Å². The van der Waals surface area contributed by atoms with Crippen LogP contribution in [0, 0.1) is 24.6 Å². The highest BCUT2D eigenvalue weighted by atomic mass is 19.1. The maximum Gasteiger partial charge on any atom is 0.178 e. The van der Waals surface area contributed by atoms with Crippen molar-refractivity contribution in [3.05, 3.63) is 77.9 Å². The maximum atomic E-state index is 14.7. The Labute approximate surface area is 214 Å². The van der Waals surface area contributed by atoms with Crippen LogP contribution in [0.2, 0.25) is 0 Å². The first-order chi connectivity index (χ1) is 18.0. The molecule has 0 amide bonds. The maximum absolute atomic E-state index is 14.7. The summed E-state index contributed by atoms with van der Waals surface area (Å²) in [6, 6.07) is 15.2. The molecule has 2 aliphatic rings. The van der Waals surface area contributed by atoms with Crippen molar-refractivity contribution in [2.24, 2.45) is 24.6 Å². The van der Waals surface area contributed by atoms with Crippen LogP contribution in [-0.2, 0) is 12.5 Å². The van der Waals surface area contributed by atoms with Gasteiger partial charge in [0.1, 0.15) is 17.2 Å². The van der Waals surface area contributed by atoms with E-state index in [1.807, 2.05) is 54.5 Å². The molecule has 1 saturated carbocycles. The van der Waals surface area contributed by atoms with Crippen molar-refractivity contribution < 1.29 is 4.39 Å². The fourth-order valence-electron chi connectivity index (χ4n) is 6.66. The third-order valence-corrected chi connectivity index (χ3v) is 8.61. The third kappa shape index (κ3) is 3.28. The van der Waals surface area contributed by atoms with Gasteiger partial charge in [-0.15, -0.1) is 0 Å². The number of anilines is 1. The topological polar surface area (TPSA) is 85.8 Å². The second-order valence-corrected chi connectivity index (χ2v) is 10.4. The van der Waals surface area contributed by atoms with Crippen molar-refractivity contribution >= 4 is 27.9 Å². The van der Waals surface area contributed by atoms with E-state index < -0.39 is 0 Å². The molecule has 1 aliphatic carbocycles. The van der Waals surface area contributed by atoms with Gasteiger partial charge in [0.2, 0.25) is 0 Å². The number of rotatable bonds is 4. The van der Waals surface area contributed by atoms with Crippen molar-refractivity contribution in [1.29, 1.82) is 0 Å². The Balaban J connectivity index is 1.17. The molecule has 4 heterocycles. The monoisotopic (exact) mass is 493 g/mol. The lowest BCUT2D eigenvalue weighted by Crippen LogP contribution is -2.32. The zero-order chi connectivity index (χ0) is 25.3. The number of halogens is 1. The van der Waals surface area contributed by atoms with E-state index in [1.54, 1.807) is 12.1 Å². The molecule has 2 aromatic carbocycles. The Morgan fingerprint density at radius 1 is 1.05 bits per heavy atom. The molecule has 186 valence electrons. The fraction of sp³-hybridized carbons (Fsp3) is 0.310. The summed E-state index contributed by atoms with van der Waals surface area (Å²) in [5.41, 5.74) is 12.2. The van der Waals surface area contributed by atoms with Crippen LogP contribution < -0.4 is 10.6 Å². The number of benzene rings is 2. The Morgan fingerprint density at radius 3 is 2.73 bits per heavy atom. The first-order valence-electron chi connectivity index (χ1n) is 12.8. The third-order valence-electron chi connectivity index (χ3n) is 8.61. The van der Waals surface area contributed by atoms with E-state index in [0.717, 1.165) is 64.1 Å². The second kappa shape index (κ2) is 8.05. The molecule has 2 fully saturated rings. The van der Waals surface area contributed by atoms with Crippen molar-refractivity contribution in [2.45, 2.75) is 18.8 Å². The molecule has 3 aromatic heterocycles. The van der Waals surface area contributed by atoms with Crippen molar-refractivity contribution in [3.63, 3.8) is 0 Å². The largest absolute Gasteiger partial charge is 0.355 e. The van der Waals surface area contributed by atoms with Gasteiger partial charge in [0.25, 0.3) is 0 Å². The number of aryl methyl sites for hydroxylation is 2. The Morgan fingerprint density at radius 2 is 1.89 bits per heavy atom. The predicted octanol–water partition coefficient (Wildman–Crippen LogP) is 4.38. The van der Waals surface area contributed by atoms with Gasteiger partial charge < -0.3 is 10.6 Å². The molecule has 8 heteroatoms.